The maximum Gasteiger partial charge on any atom is 0.164 e. The lowest BCUT2D eigenvalue weighted by Gasteiger charge is -2.13. The molecule has 7 aromatic carbocycles. The standard InChI is InChI=1S/C45H28N4S/c1-3-13-29(14-4-1)43-46-44(30-15-5-2-6-16-30)48-45(47-43)31-23-25-32(26-24-31)49-39-21-11-9-19-35(39)37-28-42-38(27-40(37)49)34-18-8-7-17-33(34)36-20-10-12-22-41(36)50-42/h1-28H. The number of nitrogens with zero attached hydrogens (tertiary/aromatic N) is 4. The molecule has 0 amide bonds. The zero-order valence-electron chi connectivity index (χ0n) is 26.9. The molecule has 0 aliphatic carbocycles. The molecule has 0 bridgehead atoms. The van der Waals surface area contributed by atoms with Gasteiger partial charge in [0.05, 0.1) is 11.0 Å². The summed E-state index contributed by atoms with van der Waals surface area (Å²) in [7, 11) is 0. The molecular formula is C45H28N4S. The molecule has 0 saturated heterocycles. The Morgan fingerprint density at radius 1 is 0.360 bits per heavy atom. The predicted molar refractivity (Wildman–Crippen MR) is 205 cm³/mol. The molecule has 5 heteroatoms. The topological polar surface area (TPSA) is 43.6 Å². The van der Waals surface area contributed by atoms with Gasteiger partial charge >= 0.3 is 0 Å². The van der Waals surface area contributed by atoms with Crippen LogP contribution in [0.3, 0.4) is 0 Å². The fourth-order valence-corrected chi connectivity index (χ4v) is 8.24. The summed E-state index contributed by atoms with van der Waals surface area (Å²) in [5.74, 6) is 1.95. The number of rotatable bonds is 4. The van der Waals surface area contributed by atoms with Gasteiger partial charge in [-0.05, 0) is 70.8 Å². The number of benzene rings is 7. The Kier molecular flexibility index (Phi) is 6.71. The van der Waals surface area contributed by atoms with E-state index in [0.717, 1.165) is 22.4 Å². The fraction of sp³-hybridized carbons (Fsp3) is 0. The van der Waals surface area contributed by atoms with E-state index in [9.17, 15) is 0 Å². The van der Waals surface area contributed by atoms with Crippen molar-refractivity contribution in [1.29, 1.82) is 0 Å². The molecule has 10 rings (SSSR count). The van der Waals surface area contributed by atoms with Crippen molar-refractivity contribution in [2.75, 3.05) is 0 Å². The van der Waals surface area contributed by atoms with Gasteiger partial charge in [-0.15, -0.1) is 0 Å². The van der Waals surface area contributed by atoms with Gasteiger partial charge in [0.15, 0.2) is 17.5 Å². The first-order chi connectivity index (χ1) is 24.8. The second-order valence-corrected chi connectivity index (χ2v) is 13.5. The second-order valence-electron chi connectivity index (χ2n) is 12.4. The lowest BCUT2D eigenvalue weighted by Crippen LogP contribution is -2.00. The molecule has 50 heavy (non-hydrogen) atoms. The van der Waals surface area contributed by atoms with Crippen molar-refractivity contribution in [2.45, 2.75) is 9.79 Å². The Bertz CT molecular complexity index is 2660. The van der Waals surface area contributed by atoms with Crippen LogP contribution in [0.4, 0.5) is 0 Å². The second kappa shape index (κ2) is 11.7. The van der Waals surface area contributed by atoms with Crippen LogP contribution in [-0.2, 0) is 0 Å². The Balaban J connectivity index is 1.14. The molecule has 1 aliphatic heterocycles. The van der Waals surface area contributed by atoms with Gasteiger partial charge in [0.25, 0.3) is 0 Å². The Hall–Kier alpha value is -6.30. The van der Waals surface area contributed by atoms with Crippen LogP contribution in [0.25, 0.3) is 83.9 Å². The van der Waals surface area contributed by atoms with Crippen molar-refractivity contribution < 1.29 is 0 Å². The summed E-state index contributed by atoms with van der Waals surface area (Å²) in [4.78, 5) is 17.3. The molecule has 3 heterocycles. The maximum atomic E-state index is 4.96. The van der Waals surface area contributed by atoms with E-state index in [1.807, 2.05) is 72.4 Å². The Morgan fingerprint density at radius 3 is 1.54 bits per heavy atom. The number of hydrogen-bond donors (Lipinski definition) is 0. The number of hydrogen-bond acceptors (Lipinski definition) is 4. The predicted octanol–water partition coefficient (Wildman–Crippen LogP) is 11.8. The zero-order valence-corrected chi connectivity index (χ0v) is 27.7. The monoisotopic (exact) mass is 656 g/mol. The summed E-state index contributed by atoms with van der Waals surface area (Å²) in [5.41, 5.74) is 11.3. The van der Waals surface area contributed by atoms with Gasteiger partial charge in [-0.25, -0.2) is 15.0 Å². The molecule has 0 radical (unpaired) electrons. The summed E-state index contributed by atoms with van der Waals surface area (Å²) < 4.78 is 2.39. The normalized spacial score (nSPS) is 11.9. The van der Waals surface area contributed by atoms with Crippen molar-refractivity contribution >= 4 is 33.6 Å². The molecular weight excluding hydrogens is 629 g/mol. The van der Waals surface area contributed by atoms with Gasteiger partial charge < -0.3 is 4.57 Å². The lowest BCUT2D eigenvalue weighted by atomic mass is 9.94. The summed E-state index contributed by atoms with van der Waals surface area (Å²) in [6, 6.07) is 59.8. The molecule has 0 unspecified atom stereocenters. The average molecular weight is 657 g/mol. The molecule has 4 nitrogen and oxygen atoms in total. The number of para-hydroxylation sites is 1. The summed E-state index contributed by atoms with van der Waals surface area (Å²) in [6.45, 7) is 0. The van der Waals surface area contributed by atoms with E-state index in [1.165, 1.54) is 53.9 Å². The third-order valence-corrected chi connectivity index (χ3v) is 10.6. The van der Waals surface area contributed by atoms with Crippen molar-refractivity contribution in [2.24, 2.45) is 0 Å². The van der Waals surface area contributed by atoms with Crippen LogP contribution in [0.5, 0.6) is 0 Å². The SMILES string of the molecule is c1ccc(-c2nc(-c3ccccc3)nc(-c3ccc(-n4c5ccccc5c5cc6c(cc54)-c4ccccc4-c4ccccc4S6)cc3)n2)cc1. The van der Waals surface area contributed by atoms with Crippen LogP contribution in [0.2, 0.25) is 0 Å². The number of aromatic nitrogens is 4. The molecule has 1 aliphatic rings. The van der Waals surface area contributed by atoms with Crippen molar-refractivity contribution in [3.05, 3.63) is 170 Å². The summed E-state index contributed by atoms with van der Waals surface area (Å²) in [6.07, 6.45) is 0. The quantitative estimate of drug-likeness (QED) is 0.189. The van der Waals surface area contributed by atoms with Crippen LogP contribution in [0, 0.1) is 0 Å². The van der Waals surface area contributed by atoms with Crippen molar-refractivity contribution in [1.82, 2.24) is 19.5 Å². The lowest BCUT2D eigenvalue weighted by molar-refractivity contribution is 1.07. The molecule has 9 aromatic rings. The van der Waals surface area contributed by atoms with E-state index >= 15 is 0 Å². The van der Waals surface area contributed by atoms with Gasteiger partial charge in [0.2, 0.25) is 0 Å². The van der Waals surface area contributed by atoms with E-state index in [2.05, 4.69) is 114 Å². The molecule has 0 N–H and O–H groups in total. The smallest absolute Gasteiger partial charge is 0.164 e. The summed E-state index contributed by atoms with van der Waals surface area (Å²) in [5, 5.41) is 2.48. The molecule has 0 fully saturated rings. The van der Waals surface area contributed by atoms with Gasteiger partial charge in [-0.1, -0.05) is 133 Å². The zero-order chi connectivity index (χ0) is 33.0. The molecule has 2 aromatic heterocycles. The fourth-order valence-electron chi connectivity index (χ4n) is 7.12. The van der Waals surface area contributed by atoms with Crippen LogP contribution < -0.4 is 0 Å². The van der Waals surface area contributed by atoms with E-state index in [4.69, 9.17) is 15.0 Å². The van der Waals surface area contributed by atoms with E-state index in [0.29, 0.717) is 17.5 Å². The average Bonchev–Trinajstić information content (AvgIpc) is 3.44. The largest absolute Gasteiger partial charge is 0.309 e. The first kappa shape index (κ1) is 28.7. The van der Waals surface area contributed by atoms with Gasteiger partial charge in [-0.3, -0.25) is 0 Å². The van der Waals surface area contributed by atoms with Crippen LogP contribution >= 0.6 is 11.8 Å². The first-order valence-corrected chi connectivity index (χ1v) is 17.5. The third-order valence-electron chi connectivity index (χ3n) is 9.47. The molecule has 0 atom stereocenters. The minimum Gasteiger partial charge on any atom is -0.309 e. The highest BCUT2D eigenvalue weighted by Crippen LogP contribution is 2.50. The highest BCUT2D eigenvalue weighted by molar-refractivity contribution is 7.99. The summed E-state index contributed by atoms with van der Waals surface area (Å²) >= 11 is 1.86. The first-order valence-electron chi connectivity index (χ1n) is 16.7. The minimum absolute atomic E-state index is 0.644. The minimum atomic E-state index is 0.644. The van der Waals surface area contributed by atoms with Crippen LogP contribution in [0.1, 0.15) is 0 Å². The van der Waals surface area contributed by atoms with Gasteiger partial charge in [0.1, 0.15) is 0 Å². The van der Waals surface area contributed by atoms with Crippen molar-refractivity contribution in [3.8, 4) is 62.1 Å². The number of fused-ring (bicyclic) bond motifs is 8. The van der Waals surface area contributed by atoms with Crippen molar-refractivity contribution in [3.63, 3.8) is 0 Å². The maximum absolute atomic E-state index is 4.96. The van der Waals surface area contributed by atoms with Gasteiger partial charge in [0, 0.05) is 42.9 Å². The third kappa shape index (κ3) is 4.74. The van der Waals surface area contributed by atoms with E-state index in [1.54, 1.807) is 0 Å². The van der Waals surface area contributed by atoms with Crippen LogP contribution in [0.15, 0.2) is 180 Å². The van der Waals surface area contributed by atoms with Crippen LogP contribution in [-0.4, -0.2) is 19.5 Å². The molecule has 0 spiro atoms. The Morgan fingerprint density at radius 2 is 0.880 bits per heavy atom. The van der Waals surface area contributed by atoms with E-state index in [-0.39, 0.29) is 0 Å². The molecule has 0 saturated carbocycles. The highest BCUT2D eigenvalue weighted by Gasteiger charge is 2.23. The molecule has 234 valence electrons. The Labute approximate surface area is 293 Å². The van der Waals surface area contributed by atoms with Gasteiger partial charge in [-0.2, -0.15) is 0 Å². The highest BCUT2D eigenvalue weighted by atomic mass is 32.2. The van der Waals surface area contributed by atoms with E-state index < -0.39 is 0 Å².